The predicted octanol–water partition coefficient (Wildman–Crippen LogP) is -0.318. The molecule has 0 aromatic carbocycles. The lowest BCUT2D eigenvalue weighted by Crippen LogP contribution is -2.44. The summed E-state index contributed by atoms with van der Waals surface area (Å²) >= 11 is 0. The van der Waals surface area contributed by atoms with E-state index in [4.69, 9.17) is 14.6 Å². The van der Waals surface area contributed by atoms with E-state index >= 15 is 0 Å². The van der Waals surface area contributed by atoms with Gasteiger partial charge >= 0.3 is 18.0 Å². The number of carbonyl (C=O) groups is 3. The molecule has 110 valence electrons. The molecule has 2 N–H and O–H groups in total. The van der Waals surface area contributed by atoms with Gasteiger partial charge in [-0.3, -0.25) is 4.79 Å². The van der Waals surface area contributed by atoms with Crippen molar-refractivity contribution in [3.8, 4) is 0 Å². The Morgan fingerprint density at radius 2 is 1.95 bits per heavy atom. The number of nitrogens with zero attached hydrogens (tertiary/aromatic N) is 1. The number of carboxylic acids is 1. The number of carbonyl (C=O) groups excluding carboxylic acids is 2. The van der Waals surface area contributed by atoms with Crippen molar-refractivity contribution in [3.05, 3.63) is 0 Å². The maximum Gasteiger partial charge on any atom is 0.329 e. The van der Waals surface area contributed by atoms with Crippen LogP contribution in [0.25, 0.3) is 0 Å². The second kappa shape index (κ2) is 10.1. The minimum atomic E-state index is -1.07. The van der Waals surface area contributed by atoms with Crippen molar-refractivity contribution in [1.29, 1.82) is 0 Å². The van der Waals surface area contributed by atoms with Crippen LogP contribution in [0, 0.1) is 0 Å². The maximum absolute atomic E-state index is 11.6. The van der Waals surface area contributed by atoms with E-state index in [0.29, 0.717) is 6.54 Å². The van der Waals surface area contributed by atoms with E-state index in [1.165, 1.54) is 4.90 Å². The lowest BCUT2D eigenvalue weighted by molar-refractivity contribution is -0.144. The first-order valence-corrected chi connectivity index (χ1v) is 5.99. The van der Waals surface area contributed by atoms with Gasteiger partial charge in [-0.05, 0) is 13.8 Å². The van der Waals surface area contributed by atoms with Crippen LogP contribution in [0.5, 0.6) is 0 Å². The van der Waals surface area contributed by atoms with Crippen molar-refractivity contribution in [1.82, 2.24) is 10.2 Å². The average Bonchev–Trinajstić information content (AvgIpc) is 2.35. The fraction of sp³-hybridized carbons (Fsp3) is 0.727. The van der Waals surface area contributed by atoms with Gasteiger partial charge in [0.05, 0.1) is 13.2 Å². The number of urea groups is 1. The normalized spacial score (nSPS) is 9.79. The first-order valence-electron chi connectivity index (χ1n) is 5.99. The number of nitrogens with one attached hydrogen (secondary N) is 1. The van der Waals surface area contributed by atoms with Crippen LogP contribution in [-0.4, -0.2) is 67.4 Å². The van der Waals surface area contributed by atoms with Crippen LogP contribution in [0.4, 0.5) is 4.79 Å². The molecule has 8 nitrogen and oxygen atoms in total. The average molecular weight is 276 g/mol. The molecule has 2 amide bonds. The highest BCUT2D eigenvalue weighted by Gasteiger charge is 2.15. The molecule has 0 aromatic rings. The van der Waals surface area contributed by atoms with Gasteiger partial charge in [-0.2, -0.15) is 0 Å². The highest BCUT2D eigenvalue weighted by atomic mass is 16.5. The highest BCUT2D eigenvalue weighted by molar-refractivity contribution is 5.80. The number of carboxylic acid groups (broad SMARTS) is 1. The van der Waals surface area contributed by atoms with Gasteiger partial charge in [0, 0.05) is 13.1 Å². The Labute approximate surface area is 111 Å². The second-order valence-electron chi connectivity index (χ2n) is 3.50. The molecule has 0 aliphatic heterocycles. The monoisotopic (exact) mass is 276 g/mol. The minimum Gasteiger partial charge on any atom is -0.480 e. The van der Waals surface area contributed by atoms with Gasteiger partial charge < -0.3 is 24.8 Å². The number of ether oxygens (including phenoxy) is 2. The van der Waals surface area contributed by atoms with Crippen molar-refractivity contribution in [2.24, 2.45) is 0 Å². The standard InChI is InChI=1S/C11H20N2O6/c1-3-13(7-10(16)19-4-2)11(17)12-5-6-18-8-9(14)15/h3-8H2,1-2H3,(H,12,17)(H,14,15). The Kier molecular flexibility index (Phi) is 9.15. The largest absolute Gasteiger partial charge is 0.480 e. The van der Waals surface area contributed by atoms with E-state index < -0.39 is 24.6 Å². The molecular weight excluding hydrogens is 256 g/mol. The first kappa shape index (κ1) is 17.2. The lowest BCUT2D eigenvalue weighted by atomic mass is 10.5. The first-order chi connectivity index (χ1) is 9.01. The van der Waals surface area contributed by atoms with Crippen LogP contribution >= 0.6 is 0 Å². The minimum absolute atomic E-state index is 0.0923. The molecule has 0 bridgehead atoms. The Morgan fingerprint density at radius 1 is 1.26 bits per heavy atom. The summed E-state index contributed by atoms with van der Waals surface area (Å²) in [6.07, 6.45) is 0. The quantitative estimate of drug-likeness (QED) is 0.442. The molecular formula is C11H20N2O6. The fourth-order valence-electron chi connectivity index (χ4n) is 1.19. The number of aliphatic carboxylic acids is 1. The Balaban J connectivity index is 3.88. The van der Waals surface area contributed by atoms with Crippen LogP contribution in [0.3, 0.4) is 0 Å². The van der Waals surface area contributed by atoms with Crippen LogP contribution in [0.15, 0.2) is 0 Å². The van der Waals surface area contributed by atoms with Crippen molar-refractivity contribution < 1.29 is 29.0 Å². The SMILES string of the molecule is CCOC(=O)CN(CC)C(=O)NCCOCC(=O)O. The fourth-order valence-corrected chi connectivity index (χ4v) is 1.19. The number of esters is 1. The zero-order chi connectivity index (χ0) is 14.7. The molecule has 0 fully saturated rings. The third kappa shape index (κ3) is 8.83. The van der Waals surface area contributed by atoms with Crippen molar-refractivity contribution in [2.75, 3.05) is 39.5 Å². The molecule has 0 radical (unpaired) electrons. The Hall–Kier alpha value is -1.83. The molecule has 0 heterocycles. The summed E-state index contributed by atoms with van der Waals surface area (Å²) in [5, 5.41) is 10.8. The maximum atomic E-state index is 11.6. The molecule has 19 heavy (non-hydrogen) atoms. The summed E-state index contributed by atoms with van der Waals surface area (Å²) in [7, 11) is 0. The number of rotatable bonds is 9. The zero-order valence-corrected chi connectivity index (χ0v) is 11.2. The van der Waals surface area contributed by atoms with Crippen LogP contribution in [0.1, 0.15) is 13.8 Å². The summed E-state index contributed by atoms with van der Waals surface area (Å²) in [5.74, 6) is -1.54. The molecule has 0 rings (SSSR count). The van der Waals surface area contributed by atoms with E-state index in [1.807, 2.05) is 0 Å². The number of amides is 2. The van der Waals surface area contributed by atoms with Crippen LogP contribution in [0.2, 0.25) is 0 Å². The molecule has 0 saturated carbocycles. The number of hydrogen-bond donors (Lipinski definition) is 2. The van der Waals surface area contributed by atoms with E-state index in [9.17, 15) is 14.4 Å². The topological polar surface area (TPSA) is 105 Å². The predicted molar refractivity (Wildman–Crippen MR) is 65.7 cm³/mol. The highest BCUT2D eigenvalue weighted by Crippen LogP contribution is 1.91. The van der Waals surface area contributed by atoms with Crippen molar-refractivity contribution >= 4 is 18.0 Å². The second-order valence-corrected chi connectivity index (χ2v) is 3.50. The van der Waals surface area contributed by atoms with E-state index in [1.54, 1.807) is 13.8 Å². The van der Waals surface area contributed by atoms with Gasteiger partial charge in [-0.1, -0.05) is 0 Å². The third-order valence-electron chi connectivity index (χ3n) is 2.04. The Morgan fingerprint density at radius 3 is 2.47 bits per heavy atom. The lowest BCUT2D eigenvalue weighted by Gasteiger charge is -2.20. The van der Waals surface area contributed by atoms with E-state index in [-0.39, 0.29) is 26.3 Å². The molecule has 0 atom stereocenters. The summed E-state index contributed by atoms with van der Waals surface area (Å²) < 4.78 is 9.50. The molecule has 0 aliphatic rings. The van der Waals surface area contributed by atoms with Crippen molar-refractivity contribution in [2.45, 2.75) is 13.8 Å². The summed E-state index contributed by atoms with van der Waals surface area (Å²) in [4.78, 5) is 34.3. The summed E-state index contributed by atoms with van der Waals surface area (Å²) in [6, 6.07) is -0.422. The van der Waals surface area contributed by atoms with E-state index in [2.05, 4.69) is 5.32 Å². The molecule has 8 heteroatoms. The summed E-state index contributed by atoms with van der Waals surface area (Å²) in [5.41, 5.74) is 0. The number of likely N-dealkylation sites (N-methyl/N-ethyl adjacent to an activating group) is 1. The molecule has 0 aromatic heterocycles. The molecule has 0 unspecified atom stereocenters. The molecule has 0 saturated heterocycles. The third-order valence-corrected chi connectivity index (χ3v) is 2.04. The van der Waals surface area contributed by atoms with Crippen LogP contribution < -0.4 is 5.32 Å². The number of hydrogen-bond acceptors (Lipinski definition) is 5. The van der Waals surface area contributed by atoms with Crippen molar-refractivity contribution in [3.63, 3.8) is 0 Å². The van der Waals surface area contributed by atoms with E-state index in [0.717, 1.165) is 0 Å². The van der Waals surface area contributed by atoms with Gasteiger partial charge in [0.2, 0.25) is 0 Å². The summed E-state index contributed by atoms with van der Waals surface area (Å²) in [6.45, 7) is 3.79. The van der Waals surface area contributed by atoms with Gasteiger partial charge in [-0.25, -0.2) is 9.59 Å². The zero-order valence-electron chi connectivity index (χ0n) is 11.2. The molecule has 0 spiro atoms. The van der Waals surface area contributed by atoms with Gasteiger partial charge in [0.15, 0.2) is 0 Å². The Bertz CT molecular complexity index is 308. The van der Waals surface area contributed by atoms with Crippen LogP contribution in [-0.2, 0) is 19.1 Å². The van der Waals surface area contributed by atoms with Gasteiger partial charge in [0.25, 0.3) is 0 Å². The van der Waals surface area contributed by atoms with Gasteiger partial charge in [0.1, 0.15) is 13.2 Å². The van der Waals surface area contributed by atoms with Gasteiger partial charge in [-0.15, -0.1) is 0 Å². The smallest absolute Gasteiger partial charge is 0.329 e. The molecule has 0 aliphatic carbocycles.